The maximum Gasteiger partial charge on any atom is 0.123 e. The van der Waals surface area contributed by atoms with E-state index in [1.165, 1.54) is 17.7 Å². The highest BCUT2D eigenvalue weighted by Gasteiger charge is 2.21. The lowest BCUT2D eigenvalue weighted by atomic mass is 10.1. The third-order valence-electron chi connectivity index (χ3n) is 3.42. The van der Waals surface area contributed by atoms with Gasteiger partial charge in [0.15, 0.2) is 0 Å². The minimum absolute atomic E-state index is 0.141. The molecular weight excluding hydrogens is 241 g/mol. The van der Waals surface area contributed by atoms with Crippen LogP contribution in [0.5, 0.6) is 5.75 Å². The van der Waals surface area contributed by atoms with Crippen LogP contribution in [0.1, 0.15) is 11.1 Å². The van der Waals surface area contributed by atoms with Crippen LogP contribution in [0.15, 0.2) is 42.5 Å². The van der Waals surface area contributed by atoms with Crippen LogP contribution in [0.25, 0.3) is 0 Å². The first kappa shape index (κ1) is 12.0. The highest BCUT2D eigenvalue weighted by atomic mass is 19.1. The van der Waals surface area contributed by atoms with E-state index in [2.05, 4.69) is 11.4 Å². The molecule has 1 N–H and O–H groups in total. The Kier molecular flexibility index (Phi) is 3.11. The number of halogens is 1. The number of fused-ring (bicyclic) bond motifs is 1. The van der Waals surface area contributed by atoms with Crippen LogP contribution < -0.4 is 10.1 Å². The number of para-hydroxylation sites is 1. The second-order valence-electron chi connectivity index (χ2n) is 4.89. The summed E-state index contributed by atoms with van der Waals surface area (Å²) < 4.78 is 18.9. The quantitative estimate of drug-likeness (QED) is 0.908. The van der Waals surface area contributed by atoms with Crippen molar-refractivity contribution in [1.82, 2.24) is 0 Å². The summed E-state index contributed by atoms with van der Waals surface area (Å²) in [5.41, 5.74) is 3.13. The van der Waals surface area contributed by atoms with Crippen LogP contribution in [-0.4, -0.2) is 12.6 Å². The molecule has 0 saturated heterocycles. The molecular formula is C16H16FNO. The molecule has 1 heterocycles. The van der Waals surface area contributed by atoms with E-state index in [4.69, 9.17) is 4.74 Å². The van der Waals surface area contributed by atoms with Crippen molar-refractivity contribution in [2.75, 3.05) is 11.9 Å². The van der Waals surface area contributed by atoms with Gasteiger partial charge >= 0.3 is 0 Å². The third kappa shape index (κ3) is 2.55. The van der Waals surface area contributed by atoms with Crippen molar-refractivity contribution < 1.29 is 9.13 Å². The highest BCUT2D eigenvalue weighted by Crippen LogP contribution is 2.28. The fraction of sp³-hybridized carbons (Fsp3) is 0.250. The number of ether oxygens (including phenoxy) is 1. The second kappa shape index (κ2) is 4.92. The van der Waals surface area contributed by atoms with Crippen LogP contribution in [0.3, 0.4) is 0 Å². The predicted molar refractivity (Wildman–Crippen MR) is 74.2 cm³/mol. The number of anilines is 1. The fourth-order valence-electron chi connectivity index (χ4n) is 2.42. The molecule has 1 aliphatic heterocycles. The molecule has 98 valence electrons. The van der Waals surface area contributed by atoms with Crippen molar-refractivity contribution in [2.45, 2.75) is 19.4 Å². The van der Waals surface area contributed by atoms with Crippen molar-refractivity contribution >= 4 is 5.69 Å². The molecule has 0 radical (unpaired) electrons. The lowest BCUT2D eigenvalue weighted by Crippen LogP contribution is -2.24. The lowest BCUT2D eigenvalue weighted by molar-refractivity contribution is 0.246. The summed E-state index contributed by atoms with van der Waals surface area (Å²) in [4.78, 5) is 0. The van der Waals surface area contributed by atoms with Gasteiger partial charge in [0.25, 0.3) is 0 Å². The van der Waals surface area contributed by atoms with Gasteiger partial charge in [-0.1, -0.05) is 18.2 Å². The summed E-state index contributed by atoms with van der Waals surface area (Å²) in [6, 6.07) is 12.9. The molecule has 3 heteroatoms. The number of hydrogen-bond donors (Lipinski definition) is 1. The number of nitrogens with one attached hydrogen (secondary N) is 1. The van der Waals surface area contributed by atoms with Crippen molar-refractivity contribution in [2.24, 2.45) is 0 Å². The molecule has 0 bridgehead atoms. The first-order valence-corrected chi connectivity index (χ1v) is 6.47. The van der Waals surface area contributed by atoms with Crippen molar-refractivity contribution in [1.29, 1.82) is 0 Å². The Hall–Kier alpha value is -2.03. The van der Waals surface area contributed by atoms with Gasteiger partial charge in [0, 0.05) is 12.1 Å². The standard InChI is InChI=1S/C16H16FNO/c1-11-8-13(17)6-7-15(11)18-10-14-9-12-4-2-3-5-16(12)19-14/h2-8,14,18H,9-10H2,1H3. The Balaban J connectivity index is 1.63. The van der Waals surface area contributed by atoms with Gasteiger partial charge in [-0.15, -0.1) is 0 Å². The molecule has 19 heavy (non-hydrogen) atoms. The molecule has 1 atom stereocenters. The topological polar surface area (TPSA) is 21.3 Å². The Morgan fingerprint density at radius 3 is 2.89 bits per heavy atom. The van der Waals surface area contributed by atoms with Crippen LogP contribution in [0, 0.1) is 12.7 Å². The Labute approximate surface area is 112 Å². The van der Waals surface area contributed by atoms with Crippen LogP contribution in [-0.2, 0) is 6.42 Å². The average Bonchev–Trinajstić information content (AvgIpc) is 2.80. The van der Waals surface area contributed by atoms with E-state index in [9.17, 15) is 4.39 Å². The van der Waals surface area contributed by atoms with Gasteiger partial charge in [-0.25, -0.2) is 4.39 Å². The van der Waals surface area contributed by atoms with Gasteiger partial charge in [0.2, 0.25) is 0 Å². The van der Waals surface area contributed by atoms with Crippen LogP contribution in [0.4, 0.5) is 10.1 Å². The summed E-state index contributed by atoms with van der Waals surface area (Å²) >= 11 is 0. The fourth-order valence-corrected chi connectivity index (χ4v) is 2.42. The highest BCUT2D eigenvalue weighted by molar-refractivity contribution is 5.51. The van der Waals surface area contributed by atoms with Crippen molar-refractivity contribution in [3.8, 4) is 5.75 Å². The van der Waals surface area contributed by atoms with Crippen molar-refractivity contribution in [3.05, 3.63) is 59.4 Å². The zero-order valence-corrected chi connectivity index (χ0v) is 10.8. The number of rotatable bonds is 3. The van der Waals surface area contributed by atoms with E-state index >= 15 is 0 Å². The minimum Gasteiger partial charge on any atom is -0.488 e. The molecule has 0 aliphatic carbocycles. The van der Waals surface area contributed by atoms with E-state index < -0.39 is 0 Å². The zero-order chi connectivity index (χ0) is 13.2. The largest absolute Gasteiger partial charge is 0.488 e. The van der Waals surface area contributed by atoms with Gasteiger partial charge in [-0.3, -0.25) is 0 Å². The Bertz CT molecular complexity index is 572. The van der Waals surface area contributed by atoms with E-state index in [1.807, 2.05) is 25.1 Å². The molecule has 0 saturated carbocycles. The van der Waals surface area contributed by atoms with Gasteiger partial charge in [-0.05, 0) is 42.3 Å². The second-order valence-corrected chi connectivity index (χ2v) is 4.89. The lowest BCUT2D eigenvalue weighted by Gasteiger charge is -2.14. The van der Waals surface area contributed by atoms with E-state index in [0.717, 1.165) is 30.0 Å². The minimum atomic E-state index is -0.201. The third-order valence-corrected chi connectivity index (χ3v) is 3.42. The van der Waals surface area contributed by atoms with E-state index in [0.29, 0.717) is 0 Å². The molecule has 2 nitrogen and oxygen atoms in total. The molecule has 0 fully saturated rings. The van der Waals surface area contributed by atoms with Gasteiger partial charge in [0.1, 0.15) is 17.7 Å². The number of benzene rings is 2. The first-order valence-electron chi connectivity index (χ1n) is 6.47. The van der Waals surface area contributed by atoms with Crippen molar-refractivity contribution in [3.63, 3.8) is 0 Å². The van der Waals surface area contributed by atoms with E-state index in [-0.39, 0.29) is 11.9 Å². The van der Waals surface area contributed by atoms with Gasteiger partial charge in [-0.2, -0.15) is 0 Å². The molecule has 1 aliphatic rings. The summed E-state index contributed by atoms with van der Waals surface area (Å²) in [7, 11) is 0. The molecule has 1 unspecified atom stereocenters. The predicted octanol–water partition coefficient (Wildman–Crippen LogP) is 3.55. The Morgan fingerprint density at radius 1 is 1.26 bits per heavy atom. The molecule has 0 amide bonds. The maximum absolute atomic E-state index is 13.0. The maximum atomic E-state index is 13.0. The molecule has 3 rings (SSSR count). The smallest absolute Gasteiger partial charge is 0.123 e. The average molecular weight is 257 g/mol. The summed E-state index contributed by atoms with van der Waals surface area (Å²) in [5.74, 6) is 0.776. The number of hydrogen-bond acceptors (Lipinski definition) is 2. The van der Waals surface area contributed by atoms with Crippen LogP contribution >= 0.6 is 0 Å². The first-order chi connectivity index (χ1) is 9.22. The SMILES string of the molecule is Cc1cc(F)ccc1NCC1Cc2ccccc2O1. The normalized spacial score (nSPS) is 16.8. The monoisotopic (exact) mass is 257 g/mol. The zero-order valence-electron chi connectivity index (χ0n) is 10.8. The van der Waals surface area contributed by atoms with E-state index in [1.54, 1.807) is 6.07 Å². The molecule has 2 aromatic carbocycles. The summed E-state index contributed by atoms with van der Waals surface area (Å²) in [5, 5.41) is 3.33. The molecule has 0 aromatic heterocycles. The molecule has 2 aromatic rings. The molecule has 0 spiro atoms. The van der Waals surface area contributed by atoms with Crippen LogP contribution in [0.2, 0.25) is 0 Å². The summed E-state index contributed by atoms with van der Waals surface area (Å²) in [6.07, 6.45) is 1.06. The number of aryl methyl sites for hydroxylation is 1. The van der Waals surface area contributed by atoms with Gasteiger partial charge in [0.05, 0.1) is 6.54 Å². The van der Waals surface area contributed by atoms with Gasteiger partial charge < -0.3 is 10.1 Å². The Morgan fingerprint density at radius 2 is 2.11 bits per heavy atom. The summed E-state index contributed by atoms with van der Waals surface area (Å²) in [6.45, 7) is 2.62.